The van der Waals surface area contributed by atoms with Gasteiger partial charge in [-0.25, -0.2) is 0 Å². The Morgan fingerprint density at radius 3 is 2.84 bits per heavy atom. The summed E-state index contributed by atoms with van der Waals surface area (Å²) in [5.74, 6) is 0.553. The average molecular weight is 262 g/mol. The molecule has 0 atom stereocenters. The minimum absolute atomic E-state index is 0.0759. The van der Waals surface area contributed by atoms with E-state index in [1.165, 1.54) is 0 Å². The van der Waals surface area contributed by atoms with Crippen LogP contribution < -0.4 is 10.6 Å². The Kier molecular flexibility index (Phi) is 6.10. The smallest absolute Gasteiger partial charge is 0.221 e. The van der Waals surface area contributed by atoms with Gasteiger partial charge in [0, 0.05) is 39.3 Å². The van der Waals surface area contributed by atoms with Crippen LogP contribution in [0, 0.1) is 17.2 Å². The van der Waals surface area contributed by atoms with Gasteiger partial charge >= 0.3 is 0 Å². The molecule has 5 heteroatoms. The summed E-state index contributed by atoms with van der Waals surface area (Å²) in [5, 5.41) is 14.9. The molecule has 0 bridgehead atoms. The van der Waals surface area contributed by atoms with Crippen LogP contribution in [0.3, 0.4) is 0 Å². The molecule has 1 rings (SSSR count). The minimum atomic E-state index is 0.0759. The zero-order valence-corrected chi connectivity index (χ0v) is 11.9. The Labute approximate surface area is 114 Å². The molecule has 2 N–H and O–H groups in total. The van der Waals surface area contributed by atoms with Crippen molar-refractivity contribution in [2.75, 3.05) is 13.1 Å². The summed E-state index contributed by atoms with van der Waals surface area (Å²) in [6.45, 7) is 6.18. The van der Waals surface area contributed by atoms with Gasteiger partial charge in [-0.2, -0.15) is 5.26 Å². The molecule has 1 amide bonds. The highest BCUT2D eigenvalue weighted by Gasteiger charge is 2.04. The summed E-state index contributed by atoms with van der Waals surface area (Å²) in [6, 6.07) is 3.98. The molecule has 1 aromatic heterocycles. The highest BCUT2D eigenvalue weighted by atomic mass is 16.1. The molecule has 0 fully saturated rings. The van der Waals surface area contributed by atoms with Gasteiger partial charge in [0.05, 0.1) is 0 Å². The molecule has 19 heavy (non-hydrogen) atoms. The van der Waals surface area contributed by atoms with E-state index in [-0.39, 0.29) is 5.91 Å². The van der Waals surface area contributed by atoms with Crippen molar-refractivity contribution < 1.29 is 4.79 Å². The van der Waals surface area contributed by atoms with Gasteiger partial charge in [-0.05, 0) is 17.5 Å². The molecule has 0 aromatic carbocycles. The highest BCUT2D eigenvalue weighted by Crippen LogP contribution is 2.05. The predicted molar refractivity (Wildman–Crippen MR) is 74.3 cm³/mol. The molecule has 0 aliphatic carbocycles. The summed E-state index contributed by atoms with van der Waals surface area (Å²) in [4.78, 5) is 11.5. The molecule has 0 saturated carbocycles. The van der Waals surface area contributed by atoms with Crippen LogP contribution >= 0.6 is 0 Å². The molecular weight excluding hydrogens is 240 g/mol. The Morgan fingerprint density at radius 2 is 2.26 bits per heavy atom. The summed E-state index contributed by atoms with van der Waals surface area (Å²) in [5.41, 5.74) is 1.70. The van der Waals surface area contributed by atoms with E-state index in [0.29, 0.717) is 31.1 Å². The third-order valence-electron chi connectivity index (χ3n) is 2.74. The SMILES string of the molecule is CC(C)CNC(=O)CCNCc1cc(C#N)n(C)c1. The number of nitrogens with zero attached hydrogens (tertiary/aromatic N) is 2. The van der Waals surface area contributed by atoms with Crippen molar-refractivity contribution in [3.05, 3.63) is 23.5 Å². The van der Waals surface area contributed by atoms with Gasteiger partial charge in [-0.3, -0.25) is 4.79 Å². The maximum absolute atomic E-state index is 11.5. The van der Waals surface area contributed by atoms with E-state index >= 15 is 0 Å². The topological polar surface area (TPSA) is 69.8 Å². The number of hydrogen-bond donors (Lipinski definition) is 2. The minimum Gasteiger partial charge on any atom is -0.356 e. The van der Waals surface area contributed by atoms with Crippen LogP contribution in [0.15, 0.2) is 12.3 Å². The maximum Gasteiger partial charge on any atom is 0.221 e. The largest absolute Gasteiger partial charge is 0.356 e. The monoisotopic (exact) mass is 262 g/mol. The second-order valence-electron chi connectivity index (χ2n) is 5.08. The molecule has 0 spiro atoms. The quantitative estimate of drug-likeness (QED) is 0.724. The second kappa shape index (κ2) is 7.59. The van der Waals surface area contributed by atoms with Gasteiger partial charge in [-0.1, -0.05) is 13.8 Å². The van der Waals surface area contributed by atoms with Crippen LogP contribution in [0.1, 0.15) is 31.5 Å². The lowest BCUT2D eigenvalue weighted by molar-refractivity contribution is -0.121. The van der Waals surface area contributed by atoms with E-state index in [1.54, 1.807) is 4.57 Å². The molecule has 0 aliphatic heterocycles. The lowest BCUT2D eigenvalue weighted by Crippen LogP contribution is -2.30. The fraction of sp³-hybridized carbons (Fsp3) is 0.571. The first kappa shape index (κ1) is 15.3. The molecular formula is C14H22N4O. The van der Waals surface area contributed by atoms with Crippen LogP contribution in [-0.4, -0.2) is 23.6 Å². The number of nitriles is 1. The number of carbonyl (C=O) groups excluding carboxylic acids is 1. The molecule has 0 saturated heterocycles. The highest BCUT2D eigenvalue weighted by molar-refractivity contribution is 5.76. The normalized spacial score (nSPS) is 10.5. The molecule has 1 aromatic rings. The molecule has 1 heterocycles. The van der Waals surface area contributed by atoms with Crippen molar-refractivity contribution in [2.24, 2.45) is 13.0 Å². The van der Waals surface area contributed by atoms with Gasteiger partial charge in [0.25, 0.3) is 0 Å². The standard InChI is InChI=1S/C14H22N4O/c1-11(2)8-17-14(19)4-5-16-9-12-6-13(7-15)18(3)10-12/h6,10-11,16H,4-5,8-9H2,1-3H3,(H,17,19). The Hall–Kier alpha value is -1.80. The number of aromatic nitrogens is 1. The zero-order chi connectivity index (χ0) is 14.3. The van der Waals surface area contributed by atoms with E-state index in [1.807, 2.05) is 19.3 Å². The average Bonchev–Trinajstić information content (AvgIpc) is 2.72. The van der Waals surface area contributed by atoms with Gasteiger partial charge < -0.3 is 15.2 Å². The van der Waals surface area contributed by atoms with Gasteiger partial charge in [0.1, 0.15) is 11.8 Å². The maximum atomic E-state index is 11.5. The van der Waals surface area contributed by atoms with Gasteiger partial charge in [-0.15, -0.1) is 0 Å². The number of aryl methyl sites for hydroxylation is 1. The van der Waals surface area contributed by atoms with Crippen molar-refractivity contribution in [3.8, 4) is 6.07 Å². The first-order chi connectivity index (χ1) is 9.02. The van der Waals surface area contributed by atoms with E-state index in [0.717, 1.165) is 12.1 Å². The van der Waals surface area contributed by atoms with Crippen LogP contribution in [0.4, 0.5) is 0 Å². The fourth-order valence-corrected chi connectivity index (χ4v) is 1.68. The first-order valence-electron chi connectivity index (χ1n) is 6.55. The summed E-state index contributed by atoms with van der Waals surface area (Å²) >= 11 is 0. The first-order valence-corrected chi connectivity index (χ1v) is 6.55. The lowest BCUT2D eigenvalue weighted by atomic mass is 10.2. The third-order valence-corrected chi connectivity index (χ3v) is 2.74. The van der Waals surface area contributed by atoms with E-state index in [9.17, 15) is 4.79 Å². The zero-order valence-electron chi connectivity index (χ0n) is 11.9. The summed E-state index contributed by atoms with van der Waals surface area (Å²) in [6.07, 6.45) is 2.40. The number of carbonyl (C=O) groups is 1. The molecule has 0 aliphatic rings. The van der Waals surface area contributed by atoms with Crippen LogP contribution in [0.2, 0.25) is 0 Å². The lowest BCUT2D eigenvalue weighted by Gasteiger charge is -2.07. The van der Waals surface area contributed by atoms with E-state index < -0.39 is 0 Å². The van der Waals surface area contributed by atoms with Crippen LogP contribution in [0.5, 0.6) is 0 Å². The molecule has 0 radical (unpaired) electrons. The van der Waals surface area contributed by atoms with Crippen molar-refractivity contribution >= 4 is 5.91 Å². The third kappa shape index (κ3) is 5.58. The van der Waals surface area contributed by atoms with E-state index in [2.05, 4.69) is 30.6 Å². The van der Waals surface area contributed by atoms with Crippen molar-refractivity contribution in [1.82, 2.24) is 15.2 Å². The fourth-order valence-electron chi connectivity index (χ4n) is 1.68. The van der Waals surface area contributed by atoms with Crippen molar-refractivity contribution in [2.45, 2.75) is 26.8 Å². The van der Waals surface area contributed by atoms with Crippen LogP contribution in [0.25, 0.3) is 0 Å². The Bertz CT molecular complexity index is 457. The second-order valence-corrected chi connectivity index (χ2v) is 5.08. The van der Waals surface area contributed by atoms with Crippen LogP contribution in [-0.2, 0) is 18.4 Å². The van der Waals surface area contributed by atoms with Crippen molar-refractivity contribution in [3.63, 3.8) is 0 Å². The molecule has 104 valence electrons. The number of amides is 1. The number of rotatable bonds is 7. The van der Waals surface area contributed by atoms with E-state index in [4.69, 9.17) is 5.26 Å². The molecule has 0 unspecified atom stereocenters. The van der Waals surface area contributed by atoms with Gasteiger partial charge in [0.2, 0.25) is 5.91 Å². The summed E-state index contributed by atoms with van der Waals surface area (Å²) in [7, 11) is 1.85. The Morgan fingerprint density at radius 1 is 1.53 bits per heavy atom. The number of nitrogens with one attached hydrogen (secondary N) is 2. The molecule has 5 nitrogen and oxygen atoms in total. The van der Waals surface area contributed by atoms with Gasteiger partial charge in [0.15, 0.2) is 0 Å². The Balaban J connectivity index is 2.20. The van der Waals surface area contributed by atoms with Crippen molar-refractivity contribution in [1.29, 1.82) is 5.26 Å². The number of hydrogen-bond acceptors (Lipinski definition) is 3. The predicted octanol–water partition coefficient (Wildman–Crippen LogP) is 1.15. The summed E-state index contributed by atoms with van der Waals surface area (Å²) < 4.78 is 1.80.